The summed E-state index contributed by atoms with van der Waals surface area (Å²) in [4.78, 5) is 21.1. The summed E-state index contributed by atoms with van der Waals surface area (Å²) in [5.74, 6) is 0.764. The fourth-order valence-electron chi connectivity index (χ4n) is 3.81. The molecule has 2 aliphatic rings. The Balaban J connectivity index is 0.00000320. The van der Waals surface area contributed by atoms with E-state index in [4.69, 9.17) is 16.3 Å². The smallest absolute Gasteiger partial charge is 0.244 e. The maximum atomic E-state index is 12.3. The normalized spacial score (nSPS) is 18.6. The van der Waals surface area contributed by atoms with Crippen LogP contribution in [0.2, 0.25) is 5.02 Å². The van der Waals surface area contributed by atoms with E-state index in [0.717, 1.165) is 69.4 Å². The molecule has 0 bridgehead atoms. The number of rotatable bonds is 7. The number of aliphatic imine (C=N–C) groups is 1. The average molecular weight is 550 g/mol. The second-order valence-electron chi connectivity index (χ2n) is 7.38. The highest BCUT2D eigenvalue weighted by Crippen LogP contribution is 2.24. The van der Waals surface area contributed by atoms with Gasteiger partial charge in [0.15, 0.2) is 5.96 Å². The van der Waals surface area contributed by atoms with Gasteiger partial charge in [0.05, 0.1) is 19.3 Å². The van der Waals surface area contributed by atoms with Crippen molar-refractivity contribution in [2.75, 3.05) is 59.0 Å². The van der Waals surface area contributed by atoms with Crippen LogP contribution >= 0.6 is 35.6 Å². The monoisotopic (exact) mass is 549 g/mol. The lowest BCUT2D eigenvalue weighted by Crippen LogP contribution is -2.46. The SMILES string of the molecule is CCNC(=NCC(=O)N1CCCC1)NCC(c1cccc(Cl)c1)N1CCOCC1.I. The van der Waals surface area contributed by atoms with Gasteiger partial charge in [-0.1, -0.05) is 23.7 Å². The van der Waals surface area contributed by atoms with E-state index in [1.807, 2.05) is 30.0 Å². The molecule has 2 N–H and O–H groups in total. The lowest BCUT2D eigenvalue weighted by atomic mass is 10.0. The summed E-state index contributed by atoms with van der Waals surface area (Å²) in [6.45, 7) is 8.53. The van der Waals surface area contributed by atoms with Gasteiger partial charge in [0, 0.05) is 44.3 Å². The molecular formula is C21H33ClIN5O2. The molecule has 3 rings (SSSR count). The van der Waals surface area contributed by atoms with Crippen LogP contribution < -0.4 is 10.6 Å². The van der Waals surface area contributed by atoms with Crippen LogP contribution in [0.1, 0.15) is 31.4 Å². The van der Waals surface area contributed by atoms with Gasteiger partial charge in [-0.25, -0.2) is 4.99 Å². The molecule has 1 unspecified atom stereocenters. The summed E-state index contributed by atoms with van der Waals surface area (Å²) in [6.07, 6.45) is 2.18. The molecule has 168 valence electrons. The fraction of sp³-hybridized carbons (Fsp3) is 0.619. The second kappa shape index (κ2) is 13.3. The first-order valence-corrected chi connectivity index (χ1v) is 10.9. The van der Waals surface area contributed by atoms with E-state index in [0.29, 0.717) is 12.5 Å². The van der Waals surface area contributed by atoms with E-state index in [2.05, 4.69) is 26.6 Å². The molecule has 9 heteroatoms. The molecule has 2 heterocycles. The van der Waals surface area contributed by atoms with Crippen LogP contribution in [0.3, 0.4) is 0 Å². The number of halogens is 2. The third kappa shape index (κ3) is 7.55. The Labute approximate surface area is 201 Å². The maximum absolute atomic E-state index is 12.3. The molecule has 1 atom stereocenters. The van der Waals surface area contributed by atoms with E-state index in [1.54, 1.807) is 0 Å². The molecule has 0 spiro atoms. The van der Waals surface area contributed by atoms with E-state index in [-0.39, 0.29) is 42.5 Å². The van der Waals surface area contributed by atoms with Crippen molar-refractivity contribution in [3.05, 3.63) is 34.9 Å². The van der Waals surface area contributed by atoms with Gasteiger partial charge in [-0.05, 0) is 37.5 Å². The molecule has 0 saturated carbocycles. The van der Waals surface area contributed by atoms with Crippen LogP contribution in [0.25, 0.3) is 0 Å². The predicted molar refractivity (Wildman–Crippen MR) is 132 cm³/mol. The third-order valence-electron chi connectivity index (χ3n) is 5.36. The number of carbonyl (C=O) groups is 1. The summed E-state index contributed by atoms with van der Waals surface area (Å²) >= 11 is 6.25. The first kappa shape index (κ1) is 25.2. The minimum Gasteiger partial charge on any atom is -0.379 e. The van der Waals surface area contributed by atoms with Crippen LogP contribution in [0.15, 0.2) is 29.3 Å². The number of ether oxygens (including phenoxy) is 1. The molecule has 0 aliphatic carbocycles. The zero-order valence-electron chi connectivity index (χ0n) is 17.6. The zero-order chi connectivity index (χ0) is 20.5. The highest BCUT2D eigenvalue weighted by molar-refractivity contribution is 14.0. The van der Waals surface area contributed by atoms with Gasteiger partial charge in [0.1, 0.15) is 6.54 Å². The van der Waals surface area contributed by atoms with Crippen molar-refractivity contribution in [2.24, 2.45) is 4.99 Å². The summed E-state index contributed by atoms with van der Waals surface area (Å²) in [6, 6.07) is 8.15. The first-order chi connectivity index (χ1) is 14.2. The van der Waals surface area contributed by atoms with Gasteiger partial charge in [-0.15, -0.1) is 24.0 Å². The lowest BCUT2D eigenvalue weighted by molar-refractivity contribution is -0.128. The van der Waals surface area contributed by atoms with Crippen molar-refractivity contribution in [3.63, 3.8) is 0 Å². The summed E-state index contributed by atoms with van der Waals surface area (Å²) in [5.41, 5.74) is 1.16. The number of hydrogen-bond donors (Lipinski definition) is 2. The van der Waals surface area contributed by atoms with Gasteiger partial charge in [-0.3, -0.25) is 9.69 Å². The number of hydrogen-bond acceptors (Lipinski definition) is 4. The van der Waals surface area contributed by atoms with Crippen molar-refractivity contribution < 1.29 is 9.53 Å². The van der Waals surface area contributed by atoms with E-state index in [1.165, 1.54) is 0 Å². The number of amides is 1. The number of likely N-dealkylation sites (tertiary alicyclic amines) is 1. The molecule has 30 heavy (non-hydrogen) atoms. The van der Waals surface area contributed by atoms with Gasteiger partial charge in [0.2, 0.25) is 5.91 Å². The Morgan fingerprint density at radius 2 is 1.93 bits per heavy atom. The Bertz CT molecular complexity index is 694. The molecule has 0 radical (unpaired) electrons. The number of guanidine groups is 1. The van der Waals surface area contributed by atoms with E-state index in [9.17, 15) is 4.79 Å². The molecule has 1 aromatic carbocycles. The second-order valence-corrected chi connectivity index (χ2v) is 7.82. The van der Waals surface area contributed by atoms with Crippen molar-refractivity contribution in [1.29, 1.82) is 0 Å². The number of nitrogens with zero attached hydrogens (tertiary/aromatic N) is 3. The molecule has 1 amide bonds. The summed E-state index contributed by atoms with van der Waals surface area (Å²) in [7, 11) is 0. The highest BCUT2D eigenvalue weighted by atomic mass is 127. The number of carbonyl (C=O) groups excluding carboxylic acids is 1. The number of morpholine rings is 1. The Morgan fingerprint density at radius 3 is 2.60 bits per heavy atom. The first-order valence-electron chi connectivity index (χ1n) is 10.5. The van der Waals surface area contributed by atoms with Gasteiger partial charge in [0.25, 0.3) is 0 Å². The van der Waals surface area contributed by atoms with Gasteiger partial charge < -0.3 is 20.3 Å². The lowest BCUT2D eigenvalue weighted by Gasteiger charge is -2.35. The summed E-state index contributed by atoms with van der Waals surface area (Å²) < 4.78 is 5.52. The number of benzene rings is 1. The molecule has 0 aromatic heterocycles. The Kier molecular flexibility index (Phi) is 11.2. The highest BCUT2D eigenvalue weighted by Gasteiger charge is 2.23. The van der Waals surface area contributed by atoms with E-state index < -0.39 is 0 Å². The topological polar surface area (TPSA) is 69.2 Å². The van der Waals surface area contributed by atoms with Crippen molar-refractivity contribution in [3.8, 4) is 0 Å². The standard InChI is InChI=1S/C21H32ClN5O2.HI/c1-2-23-21(25-16-20(28)27-8-3-4-9-27)24-15-19(26-10-12-29-13-11-26)17-6-5-7-18(22)14-17;/h5-7,14,19H,2-4,8-13,15-16H2,1H3,(H2,23,24,25);1H. The number of nitrogens with one attached hydrogen (secondary N) is 2. The quantitative estimate of drug-likeness (QED) is 0.311. The van der Waals surface area contributed by atoms with Crippen LogP contribution in [0.4, 0.5) is 0 Å². The fourth-order valence-corrected chi connectivity index (χ4v) is 4.01. The zero-order valence-corrected chi connectivity index (χ0v) is 20.7. The molecule has 1 aromatic rings. The minimum absolute atomic E-state index is 0. The molecule has 2 aliphatic heterocycles. The predicted octanol–water partition coefficient (Wildman–Crippen LogP) is 2.51. The third-order valence-corrected chi connectivity index (χ3v) is 5.59. The Hall–Kier alpha value is -1.10. The van der Waals surface area contributed by atoms with Crippen molar-refractivity contribution >= 4 is 47.4 Å². The van der Waals surface area contributed by atoms with Crippen LogP contribution in [0, 0.1) is 0 Å². The van der Waals surface area contributed by atoms with Crippen LogP contribution in [-0.4, -0.2) is 80.7 Å². The Morgan fingerprint density at radius 1 is 1.20 bits per heavy atom. The maximum Gasteiger partial charge on any atom is 0.244 e. The molecule has 2 fully saturated rings. The minimum atomic E-state index is 0. The van der Waals surface area contributed by atoms with Crippen molar-refractivity contribution in [1.82, 2.24) is 20.4 Å². The summed E-state index contributed by atoms with van der Waals surface area (Å²) in [5, 5.41) is 7.41. The van der Waals surface area contributed by atoms with Crippen LogP contribution in [-0.2, 0) is 9.53 Å². The largest absolute Gasteiger partial charge is 0.379 e. The average Bonchev–Trinajstić information content (AvgIpc) is 3.28. The van der Waals surface area contributed by atoms with E-state index >= 15 is 0 Å². The molecule has 2 saturated heterocycles. The van der Waals surface area contributed by atoms with Gasteiger partial charge in [-0.2, -0.15) is 0 Å². The van der Waals surface area contributed by atoms with Crippen molar-refractivity contribution in [2.45, 2.75) is 25.8 Å². The molecular weight excluding hydrogens is 517 g/mol. The molecule has 7 nitrogen and oxygen atoms in total. The van der Waals surface area contributed by atoms with Gasteiger partial charge >= 0.3 is 0 Å². The van der Waals surface area contributed by atoms with Crippen LogP contribution in [0.5, 0.6) is 0 Å².